The smallest absolute Gasteiger partial charge is 0.257 e. The molecule has 0 spiro atoms. The summed E-state index contributed by atoms with van der Waals surface area (Å²) >= 11 is 0. The Hall–Kier alpha value is -3.42. The molecule has 0 atom stereocenters. The van der Waals surface area contributed by atoms with Gasteiger partial charge < -0.3 is 15.2 Å². The highest BCUT2D eigenvalue weighted by atomic mass is 19.1. The minimum absolute atomic E-state index is 0.175. The fraction of sp³-hybridized carbons (Fsp3) is 0.250. The van der Waals surface area contributed by atoms with Gasteiger partial charge in [0.1, 0.15) is 17.1 Å². The van der Waals surface area contributed by atoms with Crippen LogP contribution in [0.15, 0.2) is 55.0 Å². The number of carbonyl (C=O) groups is 2. The van der Waals surface area contributed by atoms with E-state index < -0.39 is 17.3 Å². The van der Waals surface area contributed by atoms with Gasteiger partial charge in [-0.3, -0.25) is 9.59 Å². The van der Waals surface area contributed by atoms with Crippen molar-refractivity contribution in [1.29, 1.82) is 0 Å². The summed E-state index contributed by atoms with van der Waals surface area (Å²) in [6, 6.07) is 9.75. The molecule has 2 N–H and O–H groups in total. The molecule has 3 rings (SSSR count). The molecule has 0 radical (unpaired) electrons. The predicted octanol–water partition coefficient (Wildman–Crippen LogP) is 2.45. The van der Waals surface area contributed by atoms with E-state index in [1.165, 1.54) is 16.9 Å². The molecule has 0 saturated heterocycles. The van der Waals surface area contributed by atoms with Crippen LogP contribution in [-0.2, 0) is 4.79 Å². The minimum atomic E-state index is -0.477. The third kappa shape index (κ3) is 4.28. The van der Waals surface area contributed by atoms with E-state index in [0.717, 1.165) is 0 Å². The molecule has 28 heavy (non-hydrogen) atoms. The number of hydrogen-bond acceptors (Lipinski definition) is 3. The number of hydrogen-bond donors (Lipinski definition) is 2. The SMILES string of the molecule is CC(C)(C)NC(=O)CNC(=O)c1cnn(-c2ccccc2F)c1-n1cccc1. The lowest BCUT2D eigenvalue weighted by Gasteiger charge is -2.20. The summed E-state index contributed by atoms with van der Waals surface area (Å²) in [6.07, 6.45) is 4.83. The summed E-state index contributed by atoms with van der Waals surface area (Å²) in [5, 5.41) is 9.57. The van der Waals surface area contributed by atoms with Gasteiger partial charge in [0.25, 0.3) is 5.91 Å². The van der Waals surface area contributed by atoms with Gasteiger partial charge in [0, 0.05) is 17.9 Å². The van der Waals surface area contributed by atoms with Crippen molar-refractivity contribution in [3.8, 4) is 11.5 Å². The number of para-hydroxylation sites is 1. The van der Waals surface area contributed by atoms with E-state index in [4.69, 9.17) is 0 Å². The van der Waals surface area contributed by atoms with Crippen LogP contribution in [0.4, 0.5) is 4.39 Å². The topological polar surface area (TPSA) is 81.0 Å². The zero-order valence-electron chi connectivity index (χ0n) is 15.9. The lowest BCUT2D eigenvalue weighted by atomic mass is 10.1. The molecule has 2 amide bonds. The van der Waals surface area contributed by atoms with Crippen LogP contribution in [0, 0.1) is 5.82 Å². The summed E-state index contributed by atoms with van der Waals surface area (Å²) in [5.41, 5.74) is 0.0483. The first-order chi connectivity index (χ1) is 13.3. The minimum Gasteiger partial charge on any atom is -0.350 e. The number of carbonyl (C=O) groups excluding carboxylic acids is 2. The average molecular weight is 383 g/mol. The normalized spacial score (nSPS) is 11.3. The second-order valence-corrected chi connectivity index (χ2v) is 7.32. The number of rotatable bonds is 5. The Labute approximate surface area is 162 Å². The van der Waals surface area contributed by atoms with Gasteiger partial charge >= 0.3 is 0 Å². The molecule has 8 heteroatoms. The molecule has 0 saturated carbocycles. The molecule has 0 aliphatic rings. The van der Waals surface area contributed by atoms with Crippen LogP contribution in [0.3, 0.4) is 0 Å². The third-order valence-electron chi connectivity index (χ3n) is 3.84. The van der Waals surface area contributed by atoms with Crippen molar-refractivity contribution in [2.75, 3.05) is 6.54 Å². The average Bonchev–Trinajstić information content (AvgIpc) is 3.27. The summed E-state index contributed by atoms with van der Waals surface area (Å²) in [7, 11) is 0. The number of amides is 2. The van der Waals surface area contributed by atoms with Crippen LogP contribution in [-0.4, -0.2) is 38.2 Å². The molecule has 3 aromatic rings. The first-order valence-electron chi connectivity index (χ1n) is 8.82. The van der Waals surface area contributed by atoms with Gasteiger partial charge in [0.15, 0.2) is 5.82 Å². The number of nitrogens with one attached hydrogen (secondary N) is 2. The Morgan fingerprint density at radius 3 is 2.43 bits per heavy atom. The molecular weight excluding hydrogens is 361 g/mol. The molecule has 2 aromatic heterocycles. The third-order valence-corrected chi connectivity index (χ3v) is 3.84. The van der Waals surface area contributed by atoms with Crippen LogP contribution in [0.2, 0.25) is 0 Å². The molecule has 2 heterocycles. The Morgan fingerprint density at radius 1 is 1.11 bits per heavy atom. The highest BCUT2D eigenvalue weighted by molar-refractivity contribution is 5.99. The van der Waals surface area contributed by atoms with Gasteiger partial charge in [-0.15, -0.1) is 0 Å². The van der Waals surface area contributed by atoms with Crippen molar-refractivity contribution in [2.45, 2.75) is 26.3 Å². The van der Waals surface area contributed by atoms with Crippen LogP contribution in [0.1, 0.15) is 31.1 Å². The van der Waals surface area contributed by atoms with Crippen molar-refractivity contribution >= 4 is 11.8 Å². The van der Waals surface area contributed by atoms with E-state index in [-0.39, 0.29) is 23.7 Å². The highest BCUT2D eigenvalue weighted by Crippen LogP contribution is 2.21. The molecule has 0 bridgehead atoms. The fourth-order valence-electron chi connectivity index (χ4n) is 2.74. The van der Waals surface area contributed by atoms with E-state index in [1.807, 2.05) is 20.8 Å². The van der Waals surface area contributed by atoms with Crippen LogP contribution in [0.25, 0.3) is 11.5 Å². The maximum atomic E-state index is 14.3. The van der Waals surface area contributed by atoms with Gasteiger partial charge in [-0.1, -0.05) is 12.1 Å². The van der Waals surface area contributed by atoms with Crippen molar-refractivity contribution in [1.82, 2.24) is 25.0 Å². The van der Waals surface area contributed by atoms with Gasteiger partial charge in [-0.2, -0.15) is 5.10 Å². The summed E-state index contributed by atoms with van der Waals surface area (Å²) in [6.45, 7) is 5.39. The summed E-state index contributed by atoms with van der Waals surface area (Å²) in [4.78, 5) is 24.7. The van der Waals surface area contributed by atoms with Crippen molar-refractivity contribution in [3.05, 3.63) is 66.4 Å². The van der Waals surface area contributed by atoms with Gasteiger partial charge in [0.2, 0.25) is 5.91 Å². The lowest BCUT2D eigenvalue weighted by Crippen LogP contribution is -2.45. The Bertz CT molecular complexity index is 986. The molecule has 7 nitrogen and oxygen atoms in total. The number of nitrogens with zero attached hydrogens (tertiary/aromatic N) is 3. The lowest BCUT2D eigenvalue weighted by molar-refractivity contribution is -0.121. The van der Waals surface area contributed by atoms with Crippen LogP contribution >= 0.6 is 0 Å². The number of benzene rings is 1. The molecule has 0 aliphatic heterocycles. The van der Waals surface area contributed by atoms with Crippen molar-refractivity contribution in [3.63, 3.8) is 0 Å². The molecule has 146 valence electrons. The number of aromatic nitrogens is 3. The monoisotopic (exact) mass is 383 g/mol. The van der Waals surface area contributed by atoms with Crippen LogP contribution in [0.5, 0.6) is 0 Å². The molecule has 0 unspecified atom stereocenters. The predicted molar refractivity (Wildman–Crippen MR) is 103 cm³/mol. The first-order valence-corrected chi connectivity index (χ1v) is 8.82. The fourth-order valence-corrected chi connectivity index (χ4v) is 2.74. The van der Waals surface area contributed by atoms with Crippen LogP contribution < -0.4 is 10.6 Å². The summed E-state index contributed by atoms with van der Waals surface area (Å²) < 4.78 is 17.3. The van der Waals surface area contributed by atoms with E-state index in [2.05, 4.69) is 15.7 Å². The Kier molecular flexibility index (Phi) is 5.30. The zero-order valence-corrected chi connectivity index (χ0v) is 15.9. The largest absolute Gasteiger partial charge is 0.350 e. The van der Waals surface area contributed by atoms with Gasteiger partial charge in [-0.05, 0) is 45.0 Å². The van der Waals surface area contributed by atoms with E-state index in [0.29, 0.717) is 5.82 Å². The quantitative estimate of drug-likeness (QED) is 0.710. The maximum absolute atomic E-state index is 14.3. The standard InChI is InChI=1S/C20H22FN5O2/c1-20(2,3)24-17(27)13-22-18(28)14-12-23-26(16-9-5-4-8-15(16)21)19(14)25-10-6-7-11-25/h4-12H,13H2,1-3H3,(H,22,28)(H,24,27). The van der Waals surface area contributed by atoms with Gasteiger partial charge in [0.05, 0.1) is 12.7 Å². The molecule has 1 aromatic carbocycles. The zero-order chi connectivity index (χ0) is 20.3. The second-order valence-electron chi connectivity index (χ2n) is 7.32. The van der Waals surface area contributed by atoms with E-state index in [9.17, 15) is 14.0 Å². The van der Waals surface area contributed by atoms with E-state index >= 15 is 0 Å². The summed E-state index contributed by atoms with van der Waals surface area (Å²) in [5.74, 6) is -0.862. The number of halogens is 1. The Morgan fingerprint density at radius 2 is 1.79 bits per heavy atom. The highest BCUT2D eigenvalue weighted by Gasteiger charge is 2.22. The van der Waals surface area contributed by atoms with Gasteiger partial charge in [-0.25, -0.2) is 9.07 Å². The molecular formula is C20H22FN5O2. The Balaban J connectivity index is 1.91. The molecule has 0 fully saturated rings. The van der Waals surface area contributed by atoms with E-state index in [1.54, 1.807) is 47.3 Å². The first kappa shape index (κ1) is 19.3. The molecule has 0 aliphatic carbocycles. The maximum Gasteiger partial charge on any atom is 0.257 e. The second kappa shape index (κ2) is 7.67. The van der Waals surface area contributed by atoms with Crippen molar-refractivity contribution < 1.29 is 14.0 Å². The van der Waals surface area contributed by atoms with Crippen molar-refractivity contribution in [2.24, 2.45) is 0 Å².